The Kier molecular flexibility index (Phi) is 1.24. The predicted molar refractivity (Wildman–Crippen MR) is 31.4 cm³/mol. The van der Waals surface area contributed by atoms with E-state index in [1.54, 1.807) is 4.90 Å². The molecule has 2 nitrogen and oxygen atoms in total. The first-order chi connectivity index (χ1) is 3.75. The van der Waals surface area contributed by atoms with Crippen molar-refractivity contribution in [1.29, 1.82) is 0 Å². The Bertz CT molecular complexity index is 111. The minimum atomic E-state index is 0.313. The van der Waals surface area contributed by atoms with E-state index in [1.807, 2.05) is 7.05 Å². The van der Waals surface area contributed by atoms with Crippen molar-refractivity contribution in [2.45, 2.75) is 13.3 Å². The van der Waals surface area contributed by atoms with E-state index >= 15 is 0 Å². The monoisotopic (exact) mass is 113 g/mol. The van der Waals surface area contributed by atoms with Crippen LogP contribution in [0.2, 0.25) is 0 Å². The summed E-state index contributed by atoms with van der Waals surface area (Å²) < 4.78 is 0. The quantitative estimate of drug-likeness (QED) is 0.453. The fourth-order valence-electron chi connectivity index (χ4n) is 1.00. The van der Waals surface area contributed by atoms with Crippen LogP contribution in [0.1, 0.15) is 13.3 Å². The molecule has 1 atom stereocenters. The van der Waals surface area contributed by atoms with Crippen LogP contribution in [-0.2, 0) is 4.79 Å². The topological polar surface area (TPSA) is 20.3 Å². The zero-order valence-electron chi connectivity index (χ0n) is 5.35. The lowest BCUT2D eigenvalue weighted by Crippen LogP contribution is -2.49. The second kappa shape index (κ2) is 1.77. The van der Waals surface area contributed by atoms with Crippen LogP contribution in [0.25, 0.3) is 0 Å². The zero-order chi connectivity index (χ0) is 6.15. The maximum atomic E-state index is 10.7. The Morgan fingerprint density at radius 3 is 2.62 bits per heavy atom. The number of likely N-dealkylation sites (tertiary alicyclic amines) is 1. The first-order valence-electron chi connectivity index (χ1n) is 3.00. The Labute approximate surface area is 49.5 Å². The van der Waals surface area contributed by atoms with E-state index in [4.69, 9.17) is 0 Å². The third-order valence-electron chi connectivity index (χ3n) is 1.71. The predicted octanol–water partition coefficient (Wildman–Crippen LogP) is 0.485. The molecule has 0 saturated carbocycles. The van der Waals surface area contributed by atoms with Gasteiger partial charge in [-0.15, -0.1) is 0 Å². The van der Waals surface area contributed by atoms with E-state index in [-0.39, 0.29) is 0 Å². The smallest absolute Gasteiger partial charge is 0.227 e. The van der Waals surface area contributed by atoms with Gasteiger partial charge in [-0.3, -0.25) is 4.79 Å². The summed E-state index contributed by atoms with van der Waals surface area (Å²) in [4.78, 5) is 12.5. The highest BCUT2D eigenvalue weighted by molar-refractivity contribution is 5.84. The van der Waals surface area contributed by atoms with Crippen LogP contribution in [0, 0.1) is 5.92 Å². The maximum absolute atomic E-state index is 10.7. The zero-order valence-corrected chi connectivity index (χ0v) is 5.35. The van der Waals surface area contributed by atoms with E-state index in [0.717, 1.165) is 13.0 Å². The van der Waals surface area contributed by atoms with E-state index in [1.165, 1.54) is 0 Å². The van der Waals surface area contributed by atoms with Gasteiger partial charge in [-0.05, 0) is 6.42 Å². The fraction of sp³-hybridized carbons (Fsp3) is 0.833. The maximum Gasteiger partial charge on any atom is 0.227 e. The molecule has 1 aliphatic heterocycles. The van der Waals surface area contributed by atoms with Crippen molar-refractivity contribution in [3.8, 4) is 0 Å². The van der Waals surface area contributed by atoms with Gasteiger partial charge >= 0.3 is 0 Å². The van der Waals surface area contributed by atoms with Gasteiger partial charge in [0.2, 0.25) is 5.91 Å². The summed E-state index contributed by atoms with van der Waals surface area (Å²) in [5, 5.41) is 0. The molecule has 0 aromatic carbocycles. The molecule has 1 rings (SSSR count). The summed E-state index contributed by atoms with van der Waals surface area (Å²) in [6, 6.07) is 0. The molecule has 8 heavy (non-hydrogen) atoms. The number of β-lactam (4-membered cyclic amide) rings is 1. The van der Waals surface area contributed by atoms with Crippen LogP contribution < -0.4 is 0 Å². The highest BCUT2D eigenvalue weighted by Crippen LogP contribution is 2.17. The average molecular weight is 113 g/mol. The minimum absolute atomic E-state index is 0.313. The largest absolute Gasteiger partial charge is 0.345 e. The molecule has 1 aliphatic rings. The van der Waals surface area contributed by atoms with Crippen LogP contribution in [0.4, 0.5) is 0 Å². The third kappa shape index (κ3) is 0.602. The van der Waals surface area contributed by atoms with E-state index in [9.17, 15) is 4.79 Å². The molecule has 0 aliphatic carbocycles. The highest BCUT2D eigenvalue weighted by Gasteiger charge is 2.31. The highest BCUT2D eigenvalue weighted by atomic mass is 16.2. The molecule has 1 amide bonds. The van der Waals surface area contributed by atoms with Gasteiger partial charge in [0.25, 0.3) is 0 Å². The fourth-order valence-corrected chi connectivity index (χ4v) is 1.00. The lowest BCUT2D eigenvalue weighted by atomic mass is 9.97. The Hall–Kier alpha value is -0.530. The normalized spacial score (nSPS) is 28.0. The van der Waals surface area contributed by atoms with Crippen molar-refractivity contribution in [3.63, 3.8) is 0 Å². The lowest BCUT2D eigenvalue weighted by molar-refractivity contribution is -0.145. The number of amides is 1. The van der Waals surface area contributed by atoms with Crippen LogP contribution in [-0.4, -0.2) is 24.4 Å². The van der Waals surface area contributed by atoms with E-state index < -0.39 is 0 Å². The Morgan fingerprint density at radius 1 is 1.88 bits per heavy atom. The summed E-state index contributed by atoms with van der Waals surface area (Å²) in [6.45, 7) is 3.02. The first kappa shape index (κ1) is 5.60. The summed E-state index contributed by atoms with van der Waals surface area (Å²) in [7, 11) is 1.84. The average Bonchev–Trinajstić information content (AvgIpc) is 1.81. The van der Waals surface area contributed by atoms with Crippen molar-refractivity contribution < 1.29 is 4.79 Å². The number of nitrogens with zero attached hydrogens (tertiary/aromatic N) is 1. The van der Waals surface area contributed by atoms with E-state index in [0.29, 0.717) is 11.8 Å². The number of hydrogen-bond acceptors (Lipinski definition) is 1. The van der Waals surface area contributed by atoms with Gasteiger partial charge in [0.05, 0.1) is 5.92 Å². The first-order valence-corrected chi connectivity index (χ1v) is 3.00. The lowest BCUT2D eigenvalue weighted by Gasteiger charge is -2.34. The van der Waals surface area contributed by atoms with Gasteiger partial charge in [0, 0.05) is 13.6 Å². The van der Waals surface area contributed by atoms with Gasteiger partial charge < -0.3 is 4.90 Å². The van der Waals surface area contributed by atoms with Crippen LogP contribution in [0.5, 0.6) is 0 Å². The summed E-state index contributed by atoms with van der Waals surface area (Å²) in [6.07, 6.45) is 1.00. The second-order valence-corrected chi connectivity index (χ2v) is 2.32. The standard InChI is InChI=1S/C6H11NO/c1-3-5-4-7(2)6(5)8/h5H,3-4H2,1-2H3. The number of carbonyl (C=O) groups is 1. The van der Waals surface area contributed by atoms with Crippen molar-refractivity contribution in [3.05, 3.63) is 0 Å². The molecule has 46 valence electrons. The number of carbonyl (C=O) groups excluding carboxylic acids is 1. The minimum Gasteiger partial charge on any atom is -0.345 e. The van der Waals surface area contributed by atoms with Crippen molar-refractivity contribution in [1.82, 2.24) is 4.90 Å². The van der Waals surface area contributed by atoms with Gasteiger partial charge in [-0.25, -0.2) is 0 Å². The second-order valence-electron chi connectivity index (χ2n) is 2.32. The van der Waals surface area contributed by atoms with Crippen molar-refractivity contribution in [2.24, 2.45) is 5.92 Å². The molecular weight excluding hydrogens is 102 g/mol. The molecule has 1 unspecified atom stereocenters. The van der Waals surface area contributed by atoms with Crippen molar-refractivity contribution in [2.75, 3.05) is 13.6 Å². The van der Waals surface area contributed by atoms with Gasteiger partial charge in [-0.1, -0.05) is 6.92 Å². The van der Waals surface area contributed by atoms with E-state index in [2.05, 4.69) is 6.92 Å². The van der Waals surface area contributed by atoms with Crippen LogP contribution in [0.15, 0.2) is 0 Å². The van der Waals surface area contributed by atoms with Crippen LogP contribution >= 0.6 is 0 Å². The molecule has 0 aromatic rings. The molecule has 1 heterocycles. The molecule has 1 saturated heterocycles. The van der Waals surface area contributed by atoms with Gasteiger partial charge in [0.15, 0.2) is 0 Å². The van der Waals surface area contributed by atoms with Gasteiger partial charge in [-0.2, -0.15) is 0 Å². The molecular formula is C6H11NO. The molecule has 0 N–H and O–H groups in total. The van der Waals surface area contributed by atoms with Crippen molar-refractivity contribution >= 4 is 5.91 Å². The molecule has 1 fully saturated rings. The summed E-state index contributed by atoms with van der Waals surface area (Å²) in [5.41, 5.74) is 0. The molecule has 0 aromatic heterocycles. The third-order valence-corrected chi connectivity index (χ3v) is 1.71. The Balaban J connectivity index is 2.36. The summed E-state index contributed by atoms with van der Waals surface area (Å²) >= 11 is 0. The molecule has 0 spiro atoms. The summed E-state index contributed by atoms with van der Waals surface area (Å²) in [5.74, 6) is 0.660. The number of rotatable bonds is 1. The van der Waals surface area contributed by atoms with Crippen LogP contribution in [0.3, 0.4) is 0 Å². The molecule has 2 heteroatoms. The SMILES string of the molecule is CCC1CN(C)C1=O. The molecule has 0 radical (unpaired) electrons. The number of hydrogen-bond donors (Lipinski definition) is 0. The van der Waals surface area contributed by atoms with Gasteiger partial charge in [0.1, 0.15) is 0 Å². The Morgan fingerprint density at radius 2 is 2.50 bits per heavy atom. The molecule has 0 bridgehead atoms.